The minimum atomic E-state index is -0.477. The first kappa shape index (κ1) is 18.2. The molecule has 0 aliphatic rings. The molecule has 24 heavy (non-hydrogen) atoms. The lowest BCUT2D eigenvalue weighted by molar-refractivity contribution is -0.112. The fourth-order valence-electron chi connectivity index (χ4n) is 1.91. The van der Waals surface area contributed by atoms with Crippen molar-refractivity contribution >= 4 is 40.4 Å². The summed E-state index contributed by atoms with van der Waals surface area (Å²) < 4.78 is 4.13. The van der Waals surface area contributed by atoms with Crippen molar-refractivity contribution in [2.24, 2.45) is 0 Å². The summed E-state index contributed by atoms with van der Waals surface area (Å²) in [4.78, 5) is 16.4. The second-order valence-electron chi connectivity index (χ2n) is 5.26. The summed E-state index contributed by atoms with van der Waals surface area (Å²) in [7, 11) is 0. The Morgan fingerprint density at radius 1 is 1.42 bits per heavy atom. The number of hydrogen-bond donors (Lipinski definition) is 1. The molecule has 0 aliphatic heterocycles. The van der Waals surface area contributed by atoms with Gasteiger partial charge in [-0.15, -0.1) is 0 Å². The first-order valence-corrected chi connectivity index (χ1v) is 9.29. The van der Waals surface area contributed by atoms with E-state index in [1.807, 2.05) is 37.3 Å². The molecule has 0 radical (unpaired) electrons. The van der Waals surface area contributed by atoms with E-state index in [0.29, 0.717) is 16.2 Å². The number of nitrogens with zero attached hydrogens (tertiary/aromatic N) is 3. The summed E-state index contributed by atoms with van der Waals surface area (Å²) in [6.45, 7) is 6.24. The van der Waals surface area contributed by atoms with Gasteiger partial charge in [-0.05, 0) is 28.9 Å². The SMILES string of the molecule is CCSc1nsc(NC(=O)/C(C#N)=C\c2ccc(C(C)C)cc2)n1. The largest absolute Gasteiger partial charge is 0.296 e. The molecule has 1 aromatic heterocycles. The fourth-order valence-corrected chi connectivity index (χ4v) is 3.17. The minimum Gasteiger partial charge on any atom is -0.296 e. The number of amides is 1. The van der Waals surface area contributed by atoms with Gasteiger partial charge < -0.3 is 0 Å². The third kappa shape index (κ3) is 4.91. The molecule has 0 fully saturated rings. The maximum atomic E-state index is 12.2. The number of benzene rings is 1. The molecule has 0 saturated carbocycles. The van der Waals surface area contributed by atoms with Gasteiger partial charge in [-0.2, -0.15) is 14.6 Å². The topological polar surface area (TPSA) is 78.7 Å². The summed E-state index contributed by atoms with van der Waals surface area (Å²) in [5.74, 6) is 0.823. The van der Waals surface area contributed by atoms with Crippen LogP contribution < -0.4 is 5.32 Å². The Morgan fingerprint density at radius 2 is 2.12 bits per heavy atom. The lowest BCUT2D eigenvalue weighted by atomic mass is 10.0. The van der Waals surface area contributed by atoms with Crippen molar-refractivity contribution in [2.45, 2.75) is 31.8 Å². The summed E-state index contributed by atoms with van der Waals surface area (Å²) in [5.41, 5.74) is 2.06. The van der Waals surface area contributed by atoms with Gasteiger partial charge in [-0.25, -0.2) is 0 Å². The monoisotopic (exact) mass is 358 g/mol. The van der Waals surface area contributed by atoms with Gasteiger partial charge in [-0.1, -0.05) is 56.8 Å². The van der Waals surface area contributed by atoms with Crippen molar-refractivity contribution < 1.29 is 4.79 Å². The number of nitriles is 1. The number of hydrogen-bond acceptors (Lipinski definition) is 6. The van der Waals surface area contributed by atoms with Gasteiger partial charge in [0.1, 0.15) is 11.6 Å². The highest BCUT2D eigenvalue weighted by Gasteiger charge is 2.13. The van der Waals surface area contributed by atoms with Crippen molar-refractivity contribution in [1.82, 2.24) is 9.36 Å². The van der Waals surface area contributed by atoms with Crippen LogP contribution in [-0.2, 0) is 4.79 Å². The van der Waals surface area contributed by atoms with E-state index in [4.69, 9.17) is 0 Å². The van der Waals surface area contributed by atoms with Gasteiger partial charge in [0.05, 0.1) is 0 Å². The van der Waals surface area contributed by atoms with E-state index in [2.05, 4.69) is 28.5 Å². The van der Waals surface area contributed by atoms with Crippen LogP contribution in [0.1, 0.15) is 37.8 Å². The highest BCUT2D eigenvalue weighted by atomic mass is 32.2. The normalized spacial score (nSPS) is 11.4. The molecule has 2 aromatic rings. The second-order valence-corrected chi connectivity index (χ2v) is 7.24. The number of nitrogens with one attached hydrogen (secondary N) is 1. The number of carbonyl (C=O) groups is 1. The van der Waals surface area contributed by atoms with Crippen LogP contribution in [0.15, 0.2) is 35.0 Å². The van der Waals surface area contributed by atoms with Crippen molar-refractivity contribution in [2.75, 3.05) is 11.1 Å². The number of rotatable bonds is 6. The van der Waals surface area contributed by atoms with Gasteiger partial charge in [0, 0.05) is 11.5 Å². The maximum Gasteiger partial charge on any atom is 0.268 e. The van der Waals surface area contributed by atoms with Gasteiger partial charge in [0.15, 0.2) is 0 Å². The van der Waals surface area contributed by atoms with Crippen LogP contribution in [0.2, 0.25) is 0 Å². The molecule has 1 heterocycles. The fraction of sp³-hybridized carbons (Fsp3) is 0.294. The van der Waals surface area contributed by atoms with Crippen LogP contribution >= 0.6 is 23.3 Å². The summed E-state index contributed by atoms with van der Waals surface area (Å²) >= 11 is 2.61. The van der Waals surface area contributed by atoms with E-state index < -0.39 is 5.91 Å². The van der Waals surface area contributed by atoms with Gasteiger partial charge >= 0.3 is 0 Å². The number of carbonyl (C=O) groups excluding carboxylic acids is 1. The Morgan fingerprint density at radius 3 is 2.71 bits per heavy atom. The third-order valence-electron chi connectivity index (χ3n) is 3.18. The van der Waals surface area contributed by atoms with E-state index >= 15 is 0 Å². The van der Waals surface area contributed by atoms with Crippen molar-refractivity contribution in [1.29, 1.82) is 5.26 Å². The average Bonchev–Trinajstić information content (AvgIpc) is 3.00. The summed E-state index contributed by atoms with van der Waals surface area (Å²) in [6.07, 6.45) is 1.57. The Labute approximate surface area is 150 Å². The molecule has 0 aliphatic carbocycles. The third-order valence-corrected chi connectivity index (χ3v) is 4.66. The van der Waals surface area contributed by atoms with Crippen LogP contribution in [0.25, 0.3) is 6.08 Å². The van der Waals surface area contributed by atoms with Crippen LogP contribution in [0.4, 0.5) is 5.13 Å². The van der Waals surface area contributed by atoms with E-state index in [-0.39, 0.29) is 5.57 Å². The zero-order valence-electron chi connectivity index (χ0n) is 13.7. The van der Waals surface area contributed by atoms with Crippen LogP contribution in [0.3, 0.4) is 0 Å². The number of anilines is 1. The highest BCUT2D eigenvalue weighted by Crippen LogP contribution is 2.20. The molecular formula is C17H18N4OS2. The van der Waals surface area contributed by atoms with E-state index in [0.717, 1.165) is 22.8 Å². The van der Waals surface area contributed by atoms with Crippen LogP contribution in [0, 0.1) is 11.3 Å². The molecule has 0 bridgehead atoms. The van der Waals surface area contributed by atoms with Crippen molar-refractivity contribution in [3.8, 4) is 6.07 Å². The smallest absolute Gasteiger partial charge is 0.268 e. The molecule has 0 unspecified atom stereocenters. The Balaban J connectivity index is 2.11. The maximum absolute atomic E-state index is 12.2. The van der Waals surface area contributed by atoms with Crippen molar-refractivity contribution in [3.05, 3.63) is 41.0 Å². The molecule has 0 saturated heterocycles. The molecule has 0 atom stereocenters. The van der Waals surface area contributed by atoms with E-state index in [1.54, 1.807) is 6.08 Å². The summed E-state index contributed by atoms with van der Waals surface area (Å²) in [5, 5.41) is 12.9. The molecule has 1 aromatic carbocycles. The molecule has 7 heteroatoms. The van der Waals surface area contributed by atoms with E-state index in [1.165, 1.54) is 17.3 Å². The molecule has 124 valence electrons. The van der Waals surface area contributed by atoms with Gasteiger partial charge in [-0.3, -0.25) is 10.1 Å². The molecular weight excluding hydrogens is 340 g/mol. The predicted molar refractivity (Wildman–Crippen MR) is 99.1 cm³/mol. The molecule has 1 amide bonds. The first-order valence-electron chi connectivity index (χ1n) is 7.53. The number of thioether (sulfide) groups is 1. The van der Waals surface area contributed by atoms with Gasteiger partial charge in [0.2, 0.25) is 10.3 Å². The van der Waals surface area contributed by atoms with E-state index in [9.17, 15) is 10.1 Å². The molecule has 5 nitrogen and oxygen atoms in total. The van der Waals surface area contributed by atoms with Crippen molar-refractivity contribution in [3.63, 3.8) is 0 Å². The number of aromatic nitrogens is 2. The quantitative estimate of drug-likeness (QED) is 0.473. The second kappa shape index (κ2) is 8.62. The average molecular weight is 358 g/mol. The lowest BCUT2D eigenvalue weighted by Crippen LogP contribution is -2.13. The minimum absolute atomic E-state index is 0.0344. The molecule has 0 spiro atoms. The summed E-state index contributed by atoms with van der Waals surface area (Å²) in [6, 6.07) is 9.75. The lowest BCUT2D eigenvalue weighted by Gasteiger charge is -2.05. The predicted octanol–water partition coefficient (Wildman–Crippen LogP) is 4.32. The Kier molecular flexibility index (Phi) is 6.53. The highest BCUT2D eigenvalue weighted by molar-refractivity contribution is 7.99. The zero-order chi connectivity index (χ0) is 17.5. The Bertz CT molecular complexity index is 773. The van der Waals surface area contributed by atoms with Crippen LogP contribution in [-0.4, -0.2) is 21.0 Å². The van der Waals surface area contributed by atoms with Crippen LogP contribution in [0.5, 0.6) is 0 Å². The standard InChI is InChI=1S/C17H18N4OS2/c1-4-23-17-20-16(24-21-17)19-15(22)14(10-18)9-12-5-7-13(8-6-12)11(2)3/h5-9,11H,4H2,1-3H3,(H,19,20,21,22)/b14-9-. The molecule has 1 N–H and O–H groups in total. The zero-order valence-corrected chi connectivity index (χ0v) is 15.4. The molecule has 2 rings (SSSR count). The first-order chi connectivity index (χ1) is 11.5. The van der Waals surface area contributed by atoms with Gasteiger partial charge in [0.25, 0.3) is 5.91 Å². The Hall–Kier alpha value is -2.17.